The van der Waals surface area contributed by atoms with Gasteiger partial charge in [0.2, 0.25) is 0 Å². The van der Waals surface area contributed by atoms with Gasteiger partial charge in [0.1, 0.15) is 12.3 Å². The summed E-state index contributed by atoms with van der Waals surface area (Å²) in [5, 5.41) is 0. The maximum Gasteiger partial charge on any atom is 0.308 e. The average molecular weight is 457 g/mol. The highest BCUT2D eigenvalue weighted by molar-refractivity contribution is 5.69. The number of alkyl halides is 1. The fraction of sp³-hybridized carbons (Fsp3) is 0.952. The van der Waals surface area contributed by atoms with Crippen molar-refractivity contribution < 1.29 is 47.1 Å². The van der Waals surface area contributed by atoms with Gasteiger partial charge in [-0.2, -0.15) is 0 Å². The quantitative estimate of drug-likeness (QED) is 0.169. The summed E-state index contributed by atoms with van der Waals surface area (Å²) in [6, 6.07) is 0. The molecule has 0 bridgehead atoms. The van der Waals surface area contributed by atoms with Crippen LogP contribution < -0.4 is 0 Å². The molecule has 0 aliphatic heterocycles. The average Bonchev–Trinajstić information content (AvgIpc) is 2.70. The zero-order valence-electron chi connectivity index (χ0n) is 19.4. The van der Waals surface area contributed by atoms with Crippen molar-refractivity contribution >= 4 is 5.97 Å². The van der Waals surface area contributed by atoms with Crippen molar-refractivity contribution in [3.8, 4) is 0 Å². The Bertz CT molecular complexity index is 392. The Balaban J connectivity index is 3.10. The van der Waals surface area contributed by atoms with E-state index in [9.17, 15) is 9.18 Å². The number of halogens is 1. The highest BCUT2D eigenvalue weighted by atomic mass is 19.1. The molecular formula is C21H41FO9. The number of esters is 1. The summed E-state index contributed by atoms with van der Waals surface area (Å²) in [4.78, 5) is 11.5. The zero-order chi connectivity index (χ0) is 23.0. The molecule has 0 aliphatic rings. The van der Waals surface area contributed by atoms with E-state index in [2.05, 4.69) is 0 Å². The number of hydrogen-bond acceptors (Lipinski definition) is 9. The number of hydrogen-bond donors (Lipinski definition) is 0. The van der Waals surface area contributed by atoms with Crippen LogP contribution in [0.15, 0.2) is 0 Å². The number of rotatable bonds is 23. The van der Waals surface area contributed by atoms with E-state index in [1.54, 1.807) is 0 Å². The summed E-state index contributed by atoms with van der Waals surface area (Å²) in [5.41, 5.74) is -0.469. The highest BCUT2D eigenvalue weighted by Gasteiger charge is 2.15. The summed E-state index contributed by atoms with van der Waals surface area (Å²) in [7, 11) is 0. The first-order valence-electron chi connectivity index (χ1n) is 10.8. The Hall–Kier alpha value is -0.880. The van der Waals surface area contributed by atoms with E-state index in [-0.39, 0.29) is 19.0 Å². The molecule has 0 fully saturated rings. The summed E-state index contributed by atoms with van der Waals surface area (Å²) < 4.78 is 54.0. The molecule has 0 radical (unpaired) electrons. The molecule has 186 valence electrons. The van der Waals surface area contributed by atoms with Gasteiger partial charge in [0.25, 0.3) is 0 Å². The van der Waals surface area contributed by atoms with E-state index < -0.39 is 12.3 Å². The lowest BCUT2D eigenvalue weighted by Crippen LogP contribution is -2.24. The van der Waals surface area contributed by atoms with E-state index in [4.69, 9.17) is 37.9 Å². The van der Waals surface area contributed by atoms with Crippen molar-refractivity contribution in [2.75, 3.05) is 99.2 Å². The fourth-order valence-corrected chi connectivity index (χ4v) is 2.02. The highest BCUT2D eigenvalue weighted by Crippen LogP contribution is 2.07. The van der Waals surface area contributed by atoms with Crippen molar-refractivity contribution in [1.29, 1.82) is 0 Å². The Morgan fingerprint density at radius 3 is 1.13 bits per heavy atom. The molecule has 0 amide bonds. The molecule has 0 N–H and O–H groups in total. The van der Waals surface area contributed by atoms with Crippen molar-refractivity contribution in [2.24, 2.45) is 0 Å². The lowest BCUT2D eigenvalue weighted by atomic mass is 10.2. The minimum Gasteiger partial charge on any atom is -0.460 e. The number of ether oxygens (including phenoxy) is 8. The van der Waals surface area contributed by atoms with Crippen LogP contribution in [0.3, 0.4) is 0 Å². The third-order valence-corrected chi connectivity index (χ3v) is 3.32. The Morgan fingerprint density at radius 2 is 0.839 bits per heavy atom. The van der Waals surface area contributed by atoms with Crippen molar-refractivity contribution in [3.63, 3.8) is 0 Å². The molecule has 31 heavy (non-hydrogen) atoms. The van der Waals surface area contributed by atoms with Crippen molar-refractivity contribution in [3.05, 3.63) is 0 Å². The third-order valence-electron chi connectivity index (χ3n) is 3.32. The lowest BCUT2D eigenvalue weighted by Gasteiger charge is -2.19. The van der Waals surface area contributed by atoms with Gasteiger partial charge in [-0.3, -0.25) is 4.79 Å². The van der Waals surface area contributed by atoms with E-state index >= 15 is 0 Å². The molecule has 0 saturated heterocycles. The molecule has 0 rings (SSSR count). The third kappa shape index (κ3) is 27.1. The summed E-state index contributed by atoms with van der Waals surface area (Å²) in [5.74, 6) is -0.266. The van der Waals surface area contributed by atoms with Gasteiger partial charge in [-0.05, 0) is 20.8 Å². The SMILES string of the molecule is CC(C)(C)OC(=O)CCOCCOCCOCCOCCOCCOCCOCCF. The molecule has 0 aromatic heterocycles. The number of carbonyl (C=O) groups is 1. The zero-order valence-corrected chi connectivity index (χ0v) is 19.4. The first kappa shape index (κ1) is 30.1. The van der Waals surface area contributed by atoms with Gasteiger partial charge in [-0.1, -0.05) is 0 Å². The maximum atomic E-state index is 11.8. The van der Waals surface area contributed by atoms with E-state index in [1.807, 2.05) is 20.8 Å². The van der Waals surface area contributed by atoms with E-state index in [0.717, 1.165) is 0 Å². The van der Waals surface area contributed by atoms with Gasteiger partial charge in [0.05, 0.1) is 98.9 Å². The lowest BCUT2D eigenvalue weighted by molar-refractivity contribution is -0.156. The van der Waals surface area contributed by atoms with Crippen LogP contribution in [0.25, 0.3) is 0 Å². The Labute approximate surface area is 185 Å². The summed E-state index contributed by atoms with van der Waals surface area (Å²) in [6.07, 6.45) is 0.233. The second kappa shape index (κ2) is 22.3. The fourth-order valence-electron chi connectivity index (χ4n) is 2.02. The van der Waals surface area contributed by atoms with Crippen LogP contribution in [0.4, 0.5) is 4.39 Å². The van der Waals surface area contributed by atoms with Crippen LogP contribution in [0.1, 0.15) is 27.2 Å². The minimum atomic E-state index is -0.475. The van der Waals surface area contributed by atoms with E-state index in [1.165, 1.54) is 0 Å². The largest absolute Gasteiger partial charge is 0.460 e. The monoisotopic (exact) mass is 456 g/mol. The molecule has 0 aliphatic carbocycles. The van der Waals surface area contributed by atoms with Crippen LogP contribution in [-0.2, 0) is 42.7 Å². The Morgan fingerprint density at radius 1 is 0.548 bits per heavy atom. The normalized spacial score (nSPS) is 11.7. The molecule has 0 unspecified atom stereocenters. The molecule has 9 nitrogen and oxygen atoms in total. The van der Waals surface area contributed by atoms with Gasteiger partial charge in [0, 0.05) is 0 Å². The topological polar surface area (TPSA) is 90.9 Å². The predicted octanol–water partition coefficient (Wildman–Crippen LogP) is 1.80. The molecule has 0 spiro atoms. The van der Waals surface area contributed by atoms with Crippen molar-refractivity contribution in [1.82, 2.24) is 0 Å². The molecular weight excluding hydrogens is 415 g/mol. The number of carbonyl (C=O) groups excluding carboxylic acids is 1. The molecule has 0 saturated carbocycles. The minimum absolute atomic E-state index is 0.113. The van der Waals surface area contributed by atoms with Crippen LogP contribution in [0.2, 0.25) is 0 Å². The predicted molar refractivity (Wildman–Crippen MR) is 112 cm³/mol. The Kier molecular flexibility index (Phi) is 21.7. The molecule has 0 heterocycles. The van der Waals surface area contributed by atoms with Gasteiger partial charge in [0.15, 0.2) is 0 Å². The van der Waals surface area contributed by atoms with Crippen LogP contribution in [-0.4, -0.2) is 111 Å². The van der Waals surface area contributed by atoms with Gasteiger partial charge < -0.3 is 37.9 Å². The molecule has 10 heteroatoms. The van der Waals surface area contributed by atoms with Crippen molar-refractivity contribution in [2.45, 2.75) is 32.8 Å². The second-order valence-electron chi connectivity index (χ2n) is 7.31. The second-order valence-corrected chi connectivity index (χ2v) is 7.31. The van der Waals surface area contributed by atoms with E-state index in [0.29, 0.717) is 85.9 Å². The van der Waals surface area contributed by atoms with Gasteiger partial charge in [-0.15, -0.1) is 0 Å². The summed E-state index contributed by atoms with van der Waals surface area (Å²) in [6.45, 7) is 11.0. The van der Waals surface area contributed by atoms with Gasteiger partial charge >= 0.3 is 5.97 Å². The van der Waals surface area contributed by atoms with Crippen LogP contribution in [0, 0.1) is 0 Å². The van der Waals surface area contributed by atoms with Gasteiger partial charge in [-0.25, -0.2) is 4.39 Å². The van der Waals surface area contributed by atoms with Crippen LogP contribution >= 0.6 is 0 Å². The van der Waals surface area contributed by atoms with Crippen LogP contribution in [0.5, 0.6) is 0 Å². The first-order valence-corrected chi connectivity index (χ1v) is 10.8. The molecule has 0 atom stereocenters. The maximum absolute atomic E-state index is 11.8. The standard InChI is InChI=1S/C21H41FO9/c1-21(2,3)31-20(23)4-6-24-8-10-26-12-14-28-16-18-30-19-17-29-15-13-27-11-9-25-7-5-22/h4-19H2,1-3H3. The molecule has 0 aromatic rings. The molecule has 0 aromatic carbocycles. The smallest absolute Gasteiger partial charge is 0.308 e. The summed E-state index contributed by atoms with van der Waals surface area (Å²) >= 11 is 0. The first-order chi connectivity index (χ1) is 15.0.